The number of alkyl halides is 5. The van der Waals surface area contributed by atoms with Crippen molar-refractivity contribution in [2.75, 3.05) is 19.0 Å². The Labute approximate surface area is 99.7 Å². The zero-order valence-corrected chi connectivity index (χ0v) is 9.96. The lowest BCUT2D eigenvalue weighted by Crippen LogP contribution is -2.33. The van der Waals surface area contributed by atoms with Gasteiger partial charge in [0.25, 0.3) is 0 Å². The van der Waals surface area contributed by atoms with Crippen molar-refractivity contribution >= 4 is 28.5 Å². The van der Waals surface area contributed by atoms with Crippen LogP contribution in [0.15, 0.2) is 0 Å². The van der Waals surface area contributed by atoms with E-state index >= 15 is 0 Å². The van der Waals surface area contributed by atoms with Gasteiger partial charge in [-0.05, 0) is 0 Å². The molecule has 0 aliphatic heterocycles. The van der Waals surface area contributed by atoms with Crippen molar-refractivity contribution in [2.24, 2.45) is 0 Å². The van der Waals surface area contributed by atoms with E-state index in [1.807, 2.05) is 0 Å². The molecule has 0 aliphatic carbocycles. The van der Waals surface area contributed by atoms with E-state index < -0.39 is 24.3 Å². The molecule has 96 valence electrons. The molecular weight excluding hydrogens is 272 g/mol. The first-order valence-electron chi connectivity index (χ1n) is 4.27. The Morgan fingerprint density at radius 1 is 1.50 bits per heavy atom. The van der Waals surface area contributed by atoms with Gasteiger partial charge in [-0.3, -0.25) is 4.79 Å². The molecule has 8 heteroatoms. The third-order valence-corrected chi connectivity index (χ3v) is 2.82. The summed E-state index contributed by atoms with van der Waals surface area (Å²) in [5.74, 6) is -3.97. The monoisotopic (exact) mass is 282 g/mol. The molecule has 0 bridgehead atoms. The van der Waals surface area contributed by atoms with Crippen molar-refractivity contribution in [3.63, 3.8) is 0 Å². The van der Waals surface area contributed by atoms with Crippen LogP contribution >= 0.6 is 23.4 Å². The summed E-state index contributed by atoms with van der Waals surface area (Å²) in [5.41, 5.74) is 0. The van der Waals surface area contributed by atoms with E-state index in [0.29, 0.717) is 0 Å². The molecule has 0 aromatic rings. The van der Waals surface area contributed by atoms with Crippen LogP contribution in [0, 0.1) is 0 Å². The first-order valence-corrected chi connectivity index (χ1v) is 5.69. The van der Waals surface area contributed by atoms with Crippen LogP contribution in [0.3, 0.4) is 0 Å². The van der Waals surface area contributed by atoms with Gasteiger partial charge in [0.1, 0.15) is 6.61 Å². The third-order valence-electron chi connectivity index (χ3n) is 1.38. The molecule has 0 heterocycles. The molecule has 2 nitrogen and oxygen atoms in total. The van der Waals surface area contributed by atoms with Crippen LogP contribution in [-0.2, 0) is 9.53 Å². The lowest BCUT2D eigenvalue weighted by molar-refractivity contribution is -0.165. The number of carbonyl (C=O) groups is 1. The molecule has 0 aromatic carbocycles. The molecular formula is C8H11ClF4O2S. The van der Waals surface area contributed by atoms with E-state index in [-0.39, 0.29) is 17.5 Å². The molecule has 0 fully saturated rings. The van der Waals surface area contributed by atoms with Gasteiger partial charge >= 0.3 is 12.3 Å². The molecule has 0 aliphatic rings. The fourth-order valence-electron chi connectivity index (χ4n) is 0.642. The van der Waals surface area contributed by atoms with Gasteiger partial charge in [-0.1, -0.05) is 11.8 Å². The Kier molecular flexibility index (Phi) is 7.34. The quantitative estimate of drug-likeness (QED) is 0.530. The van der Waals surface area contributed by atoms with Gasteiger partial charge in [-0.2, -0.15) is 8.78 Å². The van der Waals surface area contributed by atoms with Crippen LogP contribution in [0.2, 0.25) is 0 Å². The normalized spacial score (nSPS) is 14.2. The van der Waals surface area contributed by atoms with Gasteiger partial charge in [-0.25, -0.2) is 8.78 Å². The number of thioether (sulfide) groups is 1. The highest BCUT2D eigenvalue weighted by Crippen LogP contribution is 2.23. The minimum absolute atomic E-state index is 0.163. The number of ether oxygens (including phenoxy) is 1. The van der Waals surface area contributed by atoms with Crippen LogP contribution in [0.25, 0.3) is 0 Å². The van der Waals surface area contributed by atoms with Crippen molar-refractivity contribution in [1.82, 2.24) is 0 Å². The highest BCUT2D eigenvalue weighted by Gasteiger charge is 2.41. The molecule has 1 atom stereocenters. The summed E-state index contributed by atoms with van der Waals surface area (Å²) in [7, 11) is 0. The minimum Gasteiger partial charge on any atom is -0.373 e. The predicted octanol–water partition coefficient (Wildman–Crippen LogP) is 2.79. The van der Waals surface area contributed by atoms with E-state index in [1.165, 1.54) is 6.92 Å². The van der Waals surface area contributed by atoms with E-state index in [9.17, 15) is 22.4 Å². The predicted molar refractivity (Wildman–Crippen MR) is 54.6 cm³/mol. The lowest BCUT2D eigenvalue weighted by Gasteiger charge is -2.16. The Balaban J connectivity index is 3.69. The van der Waals surface area contributed by atoms with Gasteiger partial charge in [0.2, 0.25) is 0 Å². The van der Waals surface area contributed by atoms with Crippen molar-refractivity contribution < 1.29 is 27.1 Å². The number of hydrogen-bond acceptors (Lipinski definition) is 3. The summed E-state index contributed by atoms with van der Waals surface area (Å²) >= 11 is 6.52. The average Bonchev–Trinajstić information content (AvgIpc) is 2.14. The Morgan fingerprint density at radius 2 is 2.06 bits per heavy atom. The summed E-state index contributed by atoms with van der Waals surface area (Å²) < 4.78 is 52.4. The first-order chi connectivity index (χ1) is 7.25. The lowest BCUT2D eigenvalue weighted by atomic mass is 10.4. The van der Waals surface area contributed by atoms with Crippen molar-refractivity contribution in [3.8, 4) is 0 Å². The molecule has 0 saturated carbocycles. The molecule has 0 spiro atoms. The molecule has 0 aromatic heterocycles. The van der Waals surface area contributed by atoms with E-state index in [0.717, 1.165) is 11.8 Å². The highest BCUT2D eigenvalue weighted by molar-refractivity contribution is 8.13. The van der Waals surface area contributed by atoms with E-state index in [1.54, 1.807) is 0 Å². The molecule has 0 amide bonds. The molecule has 0 N–H and O–H groups in total. The second-order valence-corrected chi connectivity index (χ2v) is 4.79. The third kappa shape index (κ3) is 7.29. The first kappa shape index (κ1) is 16.0. The van der Waals surface area contributed by atoms with Crippen LogP contribution in [0.1, 0.15) is 6.92 Å². The fourth-order valence-corrected chi connectivity index (χ4v) is 1.43. The van der Waals surface area contributed by atoms with Crippen LogP contribution in [0.4, 0.5) is 17.6 Å². The summed E-state index contributed by atoms with van der Waals surface area (Å²) in [6, 6.07) is 0. The zero-order chi connectivity index (χ0) is 12.8. The highest BCUT2D eigenvalue weighted by atomic mass is 35.5. The number of hydrogen-bond donors (Lipinski definition) is 0. The molecule has 0 rings (SSSR count). The largest absolute Gasteiger partial charge is 0.373 e. The molecule has 1 unspecified atom stereocenters. The number of carbonyl (C=O) groups excluding carboxylic acids is 1. The summed E-state index contributed by atoms with van der Waals surface area (Å²) in [4.78, 5) is 10.5. The van der Waals surface area contributed by atoms with Crippen LogP contribution < -0.4 is 0 Å². The number of rotatable bonds is 7. The molecule has 0 saturated heterocycles. The van der Waals surface area contributed by atoms with E-state index in [2.05, 4.69) is 4.74 Å². The second kappa shape index (κ2) is 7.34. The topological polar surface area (TPSA) is 26.3 Å². The average molecular weight is 283 g/mol. The van der Waals surface area contributed by atoms with Gasteiger partial charge in [0.15, 0.2) is 5.12 Å². The van der Waals surface area contributed by atoms with Crippen LogP contribution in [0.5, 0.6) is 0 Å². The van der Waals surface area contributed by atoms with Gasteiger partial charge in [0.05, 0.1) is 12.0 Å². The van der Waals surface area contributed by atoms with Crippen LogP contribution in [-0.4, -0.2) is 41.8 Å². The molecule has 16 heavy (non-hydrogen) atoms. The fraction of sp³-hybridized carbons (Fsp3) is 0.875. The Hall–Kier alpha value is -0.0100. The summed E-state index contributed by atoms with van der Waals surface area (Å²) in [6.45, 7) is -0.344. The maximum absolute atomic E-state index is 12.3. The van der Waals surface area contributed by atoms with Gasteiger partial charge in [0, 0.05) is 12.7 Å². The zero-order valence-electron chi connectivity index (χ0n) is 8.39. The molecule has 0 radical (unpaired) electrons. The van der Waals surface area contributed by atoms with Crippen molar-refractivity contribution in [3.05, 3.63) is 0 Å². The maximum Gasteiger partial charge on any atom is 0.330 e. The maximum atomic E-state index is 12.3. The van der Waals surface area contributed by atoms with Gasteiger partial charge < -0.3 is 4.74 Å². The number of halogens is 5. The summed E-state index contributed by atoms with van der Waals surface area (Å²) in [5, 5.41) is -0.828. The second-order valence-electron chi connectivity index (χ2n) is 2.98. The van der Waals surface area contributed by atoms with Gasteiger partial charge in [-0.15, -0.1) is 11.6 Å². The Bertz CT molecular complexity index is 228. The standard InChI is InChI=1S/C8H11ClF4O2S/c1-5(14)16-3-6(9)2-15-4-8(12,13)7(10)11/h6-7H,2-4H2,1H3. The summed E-state index contributed by atoms with van der Waals surface area (Å²) in [6.07, 6.45) is -3.76. The smallest absolute Gasteiger partial charge is 0.330 e. The minimum atomic E-state index is -4.16. The van der Waals surface area contributed by atoms with E-state index in [4.69, 9.17) is 11.6 Å². The Morgan fingerprint density at radius 3 is 2.50 bits per heavy atom. The SMILES string of the molecule is CC(=O)SCC(Cl)COCC(F)(F)C(F)F. The van der Waals surface area contributed by atoms with Crippen molar-refractivity contribution in [2.45, 2.75) is 24.6 Å². The van der Waals surface area contributed by atoms with Crippen molar-refractivity contribution in [1.29, 1.82) is 0 Å².